The first-order chi connectivity index (χ1) is 15.4. The second-order valence-corrected chi connectivity index (χ2v) is 6.76. The molecular formula is C19H16N2O12. The third-order valence-corrected chi connectivity index (χ3v) is 4.05. The number of carbonyl (C=O) groups excluding carboxylic acids is 1. The Morgan fingerprint density at radius 2 is 1.42 bits per heavy atom. The van der Waals surface area contributed by atoms with Gasteiger partial charge in [0.15, 0.2) is 5.56 Å². The van der Waals surface area contributed by atoms with Crippen molar-refractivity contribution < 1.29 is 49.0 Å². The first kappa shape index (κ1) is 24.8. The van der Waals surface area contributed by atoms with E-state index < -0.39 is 68.2 Å². The molecule has 2 N–H and O–H groups in total. The van der Waals surface area contributed by atoms with Gasteiger partial charge in [0.1, 0.15) is 6.61 Å². The summed E-state index contributed by atoms with van der Waals surface area (Å²) in [7, 11) is 0. The second-order valence-electron chi connectivity index (χ2n) is 6.76. The van der Waals surface area contributed by atoms with Gasteiger partial charge in [0, 0.05) is 26.0 Å². The highest BCUT2D eigenvalue weighted by Crippen LogP contribution is 2.27. The summed E-state index contributed by atoms with van der Waals surface area (Å²) in [5, 5.41) is 40.9. The molecule has 0 aliphatic rings. The van der Waals surface area contributed by atoms with Crippen LogP contribution in [0.2, 0.25) is 0 Å². The molecule has 0 aromatic heterocycles. The minimum atomic E-state index is -1.97. The Kier molecular flexibility index (Phi) is 7.37. The van der Waals surface area contributed by atoms with E-state index in [1.165, 1.54) is 6.07 Å². The van der Waals surface area contributed by atoms with Gasteiger partial charge in [-0.25, -0.2) is 19.3 Å². The first-order valence-corrected chi connectivity index (χ1v) is 8.90. The van der Waals surface area contributed by atoms with Gasteiger partial charge in [0.25, 0.3) is 11.4 Å². The van der Waals surface area contributed by atoms with Gasteiger partial charge in [-0.1, -0.05) is 12.1 Å². The van der Waals surface area contributed by atoms with Crippen molar-refractivity contribution in [2.24, 2.45) is 0 Å². The summed E-state index contributed by atoms with van der Waals surface area (Å²) < 4.78 is 4.99. The number of ether oxygens (including phenoxy) is 1. The zero-order chi connectivity index (χ0) is 24.9. The van der Waals surface area contributed by atoms with Crippen molar-refractivity contribution in [3.05, 3.63) is 78.9 Å². The second kappa shape index (κ2) is 9.80. The van der Waals surface area contributed by atoms with Crippen LogP contribution in [0.4, 0.5) is 11.4 Å². The monoisotopic (exact) mass is 464 g/mol. The highest BCUT2D eigenvalue weighted by molar-refractivity contribution is 6.05. The molecular weight excluding hydrogens is 448 g/mol. The Balaban J connectivity index is 2.23. The Hall–Kier alpha value is -4.43. The molecule has 14 heteroatoms. The van der Waals surface area contributed by atoms with Gasteiger partial charge in [0.2, 0.25) is 5.79 Å². The first-order valence-electron chi connectivity index (χ1n) is 8.90. The molecule has 2 rings (SSSR count). The molecule has 174 valence electrons. The van der Waals surface area contributed by atoms with Crippen molar-refractivity contribution in [2.75, 3.05) is 0 Å². The maximum absolute atomic E-state index is 12.5. The Morgan fingerprint density at radius 3 is 1.94 bits per heavy atom. The molecule has 0 atom stereocenters. The Morgan fingerprint density at radius 1 is 0.909 bits per heavy atom. The smallest absolute Gasteiger partial charge is 0.348 e. The van der Waals surface area contributed by atoms with E-state index in [4.69, 9.17) is 14.5 Å². The molecule has 0 saturated heterocycles. The fraction of sp³-hybridized carbons (Fsp3) is 0.211. The van der Waals surface area contributed by atoms with E-state index in [1.807, 2.05) is 0 Å². The van der Waals surface area contributed by atoms with Gasteiger partial charge in [-0.15, -0.1) is 0 Å². The number of hydrogen-bond acceptors (Lipinski definition) is 10. The van der Waals surface area contributed by atoms with Gasteiger partial charge in [-0.2, -0.15) is 4.89 Å². The van der Waals surface area contributed by atoms with Crippen LogP contribution in [0.25, 0.3) is 0 Å². The molecule has 0 bridgehead atoms. The average molecular weight is 464 g/mol. The van der Waals surface area contributed by atoms with Gasteiger partial charge in [-0.3, -0.25) is 20.2 Å². The molecule has 0 radical (unpaired) electrons. The number of carboxylic acids is 2. The Bertz CT molecular complexity index is 1080. The fourth-order valence-corrected chi connectivity index (χ4v) is 2.70. The van der Waals surface area contributed by atoms with E-state index in [-0.39, 0.29) is 5.56 Å². The standard InChI is InChI=1S/C19H16N2O12/c1-19(2,32-18(26)15-11(17(24)25)6-4-8-14(15)21(29)30)33-31-9-12-10(16(22)23)5-3-7-13(12)20(27)28/h3-8H,9H2,1-2H3,(H,22,23)(H,24,25). The molecule has 0 aliphatic heterocycles. The van der Waals surface area contributed by atoms with Crippen LogP contribution in [0, 0.1) is 20.2 Å². The van der Waals surface area contributed by atoms with E-state index in [9.17, 15) is 44.8 Å². The minimum Gasteiger partial charge on any atom is -0.478 e. The highest BCUT2D eigenvalue weighted by atomic mass is 17.2. The summed E-state index contributed by atoms with van der Waals surface area (Å²) in [6, 6.07) is 6.30. The number of esters is 1. The summed E-state index contributed by atoms with van der Waals surface area (Å²) >= 11 is 0. The molecule has 2 aromatic carbocycles. The van der Waals surface area contributed by atoms with Crippen LogP contribution in [0.5, 0.6) is 0 Å². The van der Waals surface area contributed by atoms with Crippen LogP contribution in [0.3, 0.4) is 0 Å². The molecule has 0 fully saturated rings. The van der Waals surface area contributed by atoms with Gasteiger partial charge in [0.05, 0.1) is 26.5 Å². The number of rotatable bonds is 10. The van der Waals surface area contributed by atoms with Crippen LogP contribution >= 0.6 is 0 Å². The van der Waals surface area contributed by atoms with Crippen molar-refractivity contribution in [1.29, 1.82) is 0 Å². The number of hydrogen-bond donors (Lipinski definition) is 2. The number of carbonyl (C=O) groups is 3. The van der Waals surface area contributed by atoms with Crippen LogP contribution in [-0.2, 0) is 21.1 Å². The summed E-state index contributed by atoms with van der Waals surface area (Å²) in [5.41, 5.74) is -3.64. The summed E-state index contributed by atoms with van der Waals surface area (Å²) in [6.07, 6.45) is 0. The van der Waals surface area contributed by atoms with E-state index in [1.54, 1.807) is 0 Å². The lowest BCUT2D eigenvalue weighted by Gasteiger charge is -2.24. The number of carboxylic acid groups (broad SMARTS) is 2. The number of benzene rings is 2. The topological polar surface area (TPSA) is 206 Å². The van der Waals surface area contributed by atoms with Crippen LogP contribution in [-0.4, -0.2) is 43.8 Å². The van der Waals surface area contributed by atoms with Crippen molar-refractivity contribution in [1.82, 2.24) is 0 Å². The number of aromatic carboxylic acids is 2. The van der Waals surface area contributed by atoms with Crippen molar-refractivity contribution in [3.8, 4) is 0 Å². The number of nitro benzene ring substituents is 2. The predicted octanol–water partition coefficient (Wildman–Crippen LogP) is 2.94. The largest absolute Gasteiger partial charge is 0.478 e. The lowest BCUT2D eigenvalue weighted by Crippen LogP contribution is -2.32. The van der Waals surface area contributed by atoms with Crippen molar-refractivity contribution in [2.45, 2.75) is 26.2 Å². The van der Waals surface area contributed by atoms with E-state index in [0.29, 0.717) is 0 Å². The number of nitro groups is 2. The molecule has 14 nitrogen and oxygen atoms in total. The summed E-state index contributed by atoms with van der Waals surface area (Å²) in [4.78, 5) is 65.7. The van der Waals surface area contributed by atoms with Gasteiger partial charge < -0.3 is 14.9 Å². The number of nitrogens with zero attached hydrogens (tertiary/aromatic N) is 2. The van der Waals surface area contributed by atoms with Gasteiger partial charge in [-0.05, 0) is 12.1 Å². The quantitative estimate of drug-likeness (QED) is 0.171. The lowest BCUT2D eigenvalue weighted by atomic mass is 10.1. The van der Waals surface area contributed by atoms with Crippen LogP contribution < -0.4 is 0 Å². The fourth-order valence-electron chi connectivity index (χ4n) is 2.70. The molecule has 0 unspecified atom stereocenters. The van der Waals surface area contributed by atoms with E-state index >= 15 is 0 Å². The zero-order valence-electron chi connectivity index (χ0n) is 17.0. The van der Waals surface area contributed by atoms with Crippen molar-refractivity contribution >= 4 is 29.3 Å². The molecule has 2 aromatic rings. The normalized spacial score (nSPS) is 11.0. The Labute approximate surface area is 184 Å². The highest BCUT2D eigenvalue weighted by Gasteiger charge is 2.34. The third kappa shape index (κ3) is 5.84. The molecule has 33 heavy (non-hydrogen) atoms. The predicted molar refractivity (Wildman–Crippen MR) is 105 cm³/mol. The summed E-state index contributed by atoms with van der Waals surface area (Å²) in [5.74, 6) is -6.45. The maximum atomic E-state index is 12.5. The molecule has 0 heterocycles. The average Bonchev–Trinajstić information content (AvgIpc) is 2.72. The molecule has 0 saturated carbocycles. The van der Waals surface area contributed by atoms with E-state index in [2.05, 4.69) is 0 Å². The van der Waals surface area contributed by atoms with Gasteiger partial charge >= 0.3 is 17.9 Å². The van der Waals surface area contributed by atoms with Crippen LogP contribution in [0.15, 0.2) is 36.4 Å². The third-order valence-electron chi connectivity index (χ3n) is 4.05. The SMILES string of the molecule is CC(C)(OOCc1c(C(=O)O)cccc1[N+](=O)[O-])OC(=O)c1c(C(=O)O)cccc1[N+](=O)[O-]. The van der Waals surface area contributed by atoms with E-state index in [0.717, 1.165) is 44.2 Å². The minimum absolute atomic E-state index is 0.330. The zero-order valence-corrected chi connectivity index (χ0v) is 17.0. The van der Waals surface area contributed by atoms with Crippen molar-refractivity contribution in [3.63, 3.8) is 0 Å². The maximum Gasteiger partial charge on any atom is 0.348 e. The molecule has 0 amide bonds. The lowest BCUT2D eigenvalue weighted by molar-refractivity contribution is -0.415. The van der Waals surface area contributed by atoms with Crippen LogP contribution in [0.1, 0.15) is 50.5 Å². The molecule has 0 spiro atoms. The summed E-state index contributed by atoms with van der Waals surface area (Å²) in [6.45, 7) is 1.54. The molecule has 0 aliphatic carbocycles.